The lowest BCUT2D eigenvalue weighted by Gasteiger charge is -2.09. The fourth-order valence-electron chi connectivity index (χ4n) is 2.18. The SMILES string of the molecule is COc1ccc2[nH]c(=S)n(-c3cc(F)c(Br)cc3C)c2n1. The lowest BCUT2D eigenvalue weighted by molar-refractivity contribution is 0.399. The van der Waals surface area contributed by atoms with Crippen LogP contribution in [0, 0.1) is 17.5 Å². The molecule has 0 aliphatic rings. The number of hydrogen-bond donors (Lipinski definition) is 1. The van der Waals surface area contributed by atoms with Crippen molar-refractivity contribution >= 4 is 39.3 Å². The molecule has 0 saturated carbocycles. The number of aromatic amines is 1. The fourth-order valence-corrected chi connectivity index (χ4v) is 2.93. The predicted octanol–water partition coefficient (Wildman–Crippen LogP) is 4.30. The van der Waals surface area contributed by atoms with E-state index in [0.29, 0.717) is 26.5 Å². The Morgan fingerprint density at radius 2 is 2.14 bits per heavy atom. The third-order valence-corrected chi connectivity index (χ3v) is 4.09. The summed E-state index contributed by atoms with van der Waals surface area (Å²) in [6, 6.07) is 6.72. The predicted molar refractivity (Wildman–Crippen MR) is 85.2 cm³/mol. The van der Waals surface area contributed by atoms with Gasteiger partial charge in [0.25, 0.3) is 0 Å². The number of hydrogen-bond acceptors (Lipinski definition) is 3. The number of nitrogens with zero attached hydrogens (tertiary/aromatic N) is 2. The highest BCUT2D eigenvalue weighted by molar-refractivity contribution is 9.10. The molecule has 0 aliphatic carbocycles. The van der Waals surface area contributed by atoms with Gasteiger partial charge in [-0.25, -0.2) is 4.39 Å². The summed E-state index contributed by atoms with van der Waals surface area (Å²) in [5.41, 5.74) is 2.89. The molecule has 1 aromatic carbocycles. The van der Waals surface area contributed by atoms with Crippen molar-refractivity contribution in [2.45, 2.75) is 6.92 Å². The molecule has 3 aromatic rings. The number of H-pyrrole nitrogens is 1. The zero-order chi connectivity index (χ0) is 15.1. The van der Waals surface area contributed by atoms with Crippen molar-refractivity contribution in [1.82, 2.24) is 14.5 Å². The topological polar surface area (TPSA) is 42.8 Å². The summed E-state index contributed by atoms with van der Waals surface area (Å²) >= 11 is 8.52. The molecular formula is C14H11BrFN3OS. The molecule has 1 N–H and O–H groups in total. The van der Waals surface area contributed by atoms with Crippen molar-refractivity contribution in [3.05, 3.63) is 44.9 Å². The third-order valence-electron chi connectivity index (χ3n) is 3.19. The first-order chi connectivity index (χ1) is 10.0. The van der Waals surface area contributed by atoms with E-state index in [1.54, 1.807) is 23.8 Å². The van der Waals surface area contributed by atoms with E-state index in [-0.39, 0.29) is 5.82 Å². The number of halogens is 2. The van der Waals surface area contributed by atoms with Crippen LogP contribution >= 0.6 is 28.1 Å². The van der Waals surface area contributed by atoms with Gasteiger partial charge in [0, 0.05) is 6.07 Å². The lowest BCUT2D eigenvalue weighted by Crippen LogP contribution is -2.00. The van der Waals surface area contributed by atoms with Crippen LogP contribution in [0.2, 0.25) is 0 Å². The molecule has 2 heterocycles. The fraction of sp³-hybridized carbons (Fsp3) is 0.143. The zero-order valence-corrected chi connectivity index (χ0v) is 13.7. The van der Waals surface area contributed by atoms with Crippen LogP contribution in [-0.4, -0.2) is 21.6 Å². The Labute approximate surface area is 133 Å². The van der Waals surface area contributed by atoms with Gasteiger partial charge in [-0.15, -0.1) is 0 Å². The van der Waals surface area contributed by atoms with Gasteiger partial charge in [0.1, 0.15) is 5.82 Å². The molecule has 0 unspecified atom stereocenters. The Morgan fingerprint density at radius 1 is 1.38 bits per heavy atom. The normalized spacial score (nSPS) is 11.0. The molecule has 0 amide bonds. The number of aromatic nitrogens is 3. The molecule has 0 spiro atoms. The first-order valence-corrected chi connectivity index (χ1v) is 7.33. The molecule has 0 atom stereocenters. The molecule has 2 aromatic heterocycles. The van der Waals surface area contributed by atoms with E-state index in [2.05, 4.69) is 25.9 Å². The molecule has 0 aliphatic heterocycles. The second-order valence-electron chi connectivity index (χ2n) is 4.54. The summed E-state index contributed by atoms with van der Waals surface area (Å²) in [5, 5.41) is 0. The quantitative estimate of drug-likeness (QED) is 0.686. The van der Waals surface area contributed by atoms with E-state index in [1.165, 1.54) is 6.07 Å². The third kappa shape index (κ3) is 2.36. The van der Waals surface area contributed by atoms with Gasteiger partial charge in [0.15, 0.2) is 10.4 Å². The van der Waals surface area contributed by atoms with Crippen molar-refractivity contribution in [1.29, 1.82) is 0 Å². The smallest absolute Gasteiger partial charge is 0.215 e. The van der Waals surface area contributed by atoms with Gasteiger partial charge in [-0.1, -0.05) is 0 Å². The Morgan fingerprint density at radius 3 is 2.86 bits per heavy atom. The molecule has 3 rings (SSSR count). The van der Waals surface area contributed by atoms with Crippen molar-refractivity contribution in [2.24, 2.45) is 0 Å². The molecule has 0 fully saturated rings. The van der Waals surface area contributed by atoms with E-state index in [0.717, 1.165) is 11.1 Å². The number of nitrogens with one attached hydrogen (secondary N) is 1. The highest BCUT2D eigenvalue weighted by Crippen LogP contribution is 2.26. The van der Waals surface area contributed by atoms with Crippen molar-refractivity contribution < 1.29 is 9.13 Å². The van der Waals surface area contributed by atoms with Crippen molar-refractivity contribution in [3.63, 3.8) is 0 Å². The minimum Gasteiger partial charge on any atom is -0.481 e. The monoisotopic (exact) mass is 367 g/mol. The summed E-state index contributed by atoms with van der Waals surface area (Å²) in [6.07, 6.45) is 0. The number of pyridine rings is 1. The minimum absolute atomic E-state index is 0.352. The lowest BCUT2D eigenvalue weighted by atomic mass is 10.2. The average Bonchev–Trinajstić information content (AvgIpc) is 2.78. The van der Waals surface area contributed by atoms with Crippen molar-refractivity contribution in [2.75, 3.05) is 7.11 Å². The Balaban J connectivity index is 2.36. The van der Waals surface area contributed by atoms with Crippen LogP contribution in [0.3, 0.4) is 0 Å². The molecular weight excluding hydrogens is 357 g/mol. The van der Waals surface area contributed by atoms with E-state index < -0.39 is 0 Å². The van der Waals surface area contributed by atoms with Gasteiger partial charge in [-0.2, -0.15) is 4.98 Å². The largest absolute Gasteiger partial charge is 0.481 e. The number of ether oxygens (including phenoxy) is 1. The first kappa shape index (κ1) is 14.2. The summed E-state index contributed by atoms with van der Waals surface area (Å²) in [7, 11) is 1.55. The first-order valence-electron chi connectivity index (χ1n) is 6.13. The molecule has 108 valence electrons. The van der Waals surface area contributed by atoms with Gasteiger partial charge in [-0.05, 0) is 58.8 Å². The number of rotatable bonds is 2. The molecule has 0 bridgehead atoms. The van der Waals surface area contributed by atoms with Crippen LogP contribution in [0.1, 0.15) is 5.56 Å². The number of methoxy groups -OCH3 is 1. The van der Waals surface area contributed by atoms with Crippen LogP contribution in [0.4, 0.5) is 4.39 Å². The van der Waals surface area contributed by atoms with E-state index in [1.807, 2.05) is 13.0 Å². The number of benzene rings is 1. The second-order valence-corrected chi connectivity index (χ2v) is 5.78. The molecule has 4 nitrogen and oxygen atoms in total. The Hall–Kier alpha value is -1.73. The maximum Gasteiger partial charge on any atom is 0.215 e. The molecule has 21 heavy (non-hydrogen) atoms. The van der Waals surface area contributed by atoms with Crippen LogP contribution < -0.4 is 4.74 Å². The summed E-state index contributed by atoms with van der Waals surface area (Å²) in [6.45, 7) is 1.89. The molecule has 7 heteroatoms. The maximum atomic E-state index is 13.9. The molecule has 0 radical (unpaired) electrons. The van der Waals surface area contributed by atoms with Crippen molar-refractivity contribution in [3.8, 4) is 11.6 Å². The van der Waals surface area contributed by atoms with E-state index in [4.69, 9.17) is 17.0 Å². The van der Waals surface area contributed by atoms with Crippen LogP contribution in [0.25, 0.3) is 16.9 Å². The summed E-state index contributed by atoms with van der Waals surface area (Å²) < 4.78 is 21.6. The Kier molecular flexibility index (Phi) is 3.54. The van der Waals surface area contributed by atoms with Crippen LogP contribution in [0.5, 0.6) is 5.88 Å². The van der Waals surface area contributed by atoms with Gasteiger partial charge in [0.2, 0.25) is 5.88 Å². The van der Waals surface area contributed by atoms with Crippen LogP contribution in [0.15, 0.2) is 28.7 Å². The second kappa shape index (κ2) is 5.23. The van der Waals surface area contributed by atoms with Gasteiger partial charge in [-0.3, -0.25) is 4.57 Å². The molecule has 0 saturated heterocycles. The number of aryl methyl sites for hydroxylation is 1. The number of fused-ring (bicyclic) bond motifs is 1. The van der Waals surface area contributed by atoms with Gasteiger partial charge < -0.3 is 9.72 Å². The highest BCUT2D eigenvalue weighted by atomic mass is 79.9. The average molecular weight is 368 g/mol. The van der Waals surface area contributed by atoms with Gasteiger partial charge in [0.05, 0.1) is 22.8 Å². The van der Waals surface area contributed by atoms with E-state index in [9.17, 15) is 4.39 Å². The van der Waals surface area contributed by atoms with Gasteiger partial charge >= 0.3 is 0 Å². The zero-order valence-electron chi connectivity index (χ0n) is 11.3. The standard InChI is InChI=1S/C14H11BrFN3OS/c1-7-5-8(15)9(16)6-11(7)19-13-10(17-14(19)21)3-4-12(18-13)20-2/h3-6H,1-2H3,(H,17,21). The van der Waals surface area contributed by atoms with E-state index >= 15 is 0 Å². The maximum absolute atomic E-state index is 13.9. The minimum atomic E-state index is -0.352. The van der Waals surface area contributed by atoms with Crippen LogP contribution in [-0.2, 0) is 0 Å². The summed E-state index contributed by atoms with van der Waals surface area (Å²) in [5.74, 6) is 0.121. The Bertz CT molecular complexity index is 903. The highest BCUT2D eigenvalue weighted by Gasteiger charge is 2.13. The summed E-state index contributed by atoms with van der Waals surface area (Å²) in [4.78, 5) is 7.46. The number of imidazole rings is 1.